The molecule has 8 aliphatic carbocycles. The van der Waals surface area contributed by atoms with Crippen molar-refractivity contribution in [1.82, 2.24) is 0 Å². The van der Waals surface area contributed by atoms with Crippen LogP contribution >= 0.6 is 0 Å². The monoisotopic (exact) mass is 975 g/mol. The average molecular weight is 976 g/mol. The van der Waals surface area contributed by atoms with Crippen LogP contribution in [0.15, 0.2) is 152 Å². The Balaban J connectivity index is 0.966. The summed E-state index contributed by atoms with van der Waals surface area (Å²) >= 11 is 0. The third kappa shape index (κ3) is 4.77. The zero-order valence-electron chi connectivity index (χ0n) is 44.1. The van der Waals surface area contributed by atoms with Gasteiger partial charge in [-0.2, -0.15) is 0 Å². The van der Waals surface area contributed by atoms with Crippen LogP contribution in [0.25, 0.3) is 77.2 Å². The minimum absolute atomic E-state index is 0.00170. The van der Waals surface area contributed by atoms with Crippen molar-refractivity contribution >= 4 is 61.7 Å². The first kappa shape index (κ1) is 41.5. The molecule has 2 spiro atoms. The molecule has 76 heavy (non-hydrogen) atoms. The molecule has 6 saturated carbocycles. The van der Waals surface area contributed by atoms with Gasteiger partial charge in [-0.25, -0.2) is 0 Å². The average Bonchev–Trinajstić information content (AvgIpc) is 4.19. The highest BCUT2D eigenvalue weighted by molar-refractivity contribution is 7.03. The summed E-state index contributed by atoms with van der Waals surface area (Å²) in [7, 11) is 0. The molecule has 366 valence electrons. The fourth-order valence-electron chi connectivity index (χ4n) is 21.4. The highest BCUT2D eigenvalue weighted by Gasteiger charge is 2.67. The van der Waals surface area contributed by atoms with E-state index in [0.717, 1.165) is 23.7 Å². The van der Waals surface area contributed by atoms with Gasteiger partial charge in [0.25, 0.3) is 0 Å². The molecule has 10 unspecified atom stereocenters. The third-order valence-electron chi connectivity index (χ3n) is 24.2. The summed E-state index contributed by atoms with van der Waals surface area (Å²) in [5.41, 5.74) is 32.2. The van der Waals surface area contributed by atoms with Crippen LogP contribution in [-0.2, 0) is 5.41 Å². The number of nitrogens with zero attached hydrogens (tertiary/aromatic N) is 1. The summed E-state index contributed by atoms with van der Waals surface area (Å²) < 4.78 is 0. The summed E-state index contributed by atoms with van der Waals surface area (Å²) in [6.07, 6.45) is 14.3. The molecule has 0 radical (unpaired) electrons. The number of benzene rings is 9. The predicted octanol–water partition coefficient (Wildman–Crippen LogP) is 17.3. The summed E-state index contributed by atoms with van der Waals surface area (Å²) in [6, 6.07) is 60.8. The van der Waals surface area contributed by atoms with Crippen molar-refractivity contribution in [2.45, 2.75) is 114 Å². The van der Waals surface area contributed by atoms with E-state index in [1.165, 1.54) is 142 Å². The molecule has 1 nitrogen and oxygen atoms in total. The molecule has 3 aliphatic heterocycles. The third-order valence-corrected chi connectivity index (χ3v) is 24.2. The van der Waals surface area contributed by atoms with Crippen LogP contribution in [0.1, 0.15) is 136 Å². The van der Waals surface area contributed by atoms with Gasteiger partial charge in [0.1, 0.15) is 0 Å². The van der Waals surface area contributed by atoms with E-state index in [1.807, 2.05) is 0 Å². The lowest BCUT2D eigenvalue weighted by molar-refractivity contribution is 0.00321. The number of anilines is 3. The second-order valence-corrected chi connectivity index (χ2v) is 28.0. The number of hydrogen-bond donors (Lipinski definition) is 0. The van der Waals surface area contributed by atoms with Crippen molar-refractivity contribution in [2.24, 2.45) is 34.5 Å². The van der Waals surface area contributed by atoms with Crippen LogP contribution in [-0.4, -0.2) is 6.71 Å². The molecule has 3 heterocycles. The van der Waals surface area contributed by atoms with E-state index in [1.54, 1.807) is 60.2 Å². The molecule has 0 amide bonds. The molecule has 0 N–H and O–H groups in total. The van der Waals surface area contributed by atoms with E-state index >= 15 is 0 Å². The van der Waals surface area contributed by atoms with Gasteiger partial charge in [-0.15, -0.1) is 0 Å². The molecule has 6 bridgehead atoms. The van der Waals surface area contributed by atoms with Crippen LogP contribution in [0.2, 0.25) is 0 Å². The summed E-state index contributed by atoms with van der Waals surface area (Å²) in [4.78, 5) is 2.84. The first-order valence-electron chi connectivity index (χ1n) is 29.8. The molecular formula is C74H62BN. The lowest BCUT2D eigenvalue weighted by Crippen LogP contribution is -2.61. The molecule has 9 aromatic carbocycles. The SMILES string of the molecule is CC(C)(C)c1cc2c3c(c1)-c1cc4c(c5ccc6c(c15)B3c1c(ccc3c5c(cc-2c13)C1CC2CC3CC5CC23C1)N6c1c(-c2ccccc2)cc(-c2ccccc2)cc1-c1ccccc1)C1CC2CC3CC4CC32C1. The molecule has 0 aromatic heterocycles. The summed E-state index contributed by atoms with van der Waals surface area (Å²) in [6.45, 7) is 7.56. The van der Waals surface area contributed by atoms with Gasteiger partial charge < -0.3 is 4.90 Å². The zero-order valence-corrected chi connectivity index (χ0v) is 44.1. The van der Waals surface area contributed by atoms with Gasteiger partial charge in [0.05, 0.1) is 5.69 Å². The topological polar surface area (TPSA) is 3.24 Å². The largest absolute Gasteiger partial charge is 0.310 e. The second-order valence-electron chi connectivity index (χ2n) is 28.0. The van der Waals surface area contributed by atoms with Crippen LogP contribution in [0, 0.1) is 34.5 Å². The van der Waals surface area contributed by atoms with E-state index in [2.05, 4.69) is 177 Å². The van der Waals surface area contributed by atoms with E-state index in [-0.39, 0.29) is 12.1 Å². The maximum Gasteiger partial charge on any atom is 0.249 e. The molecule has 20 rings (SSSR count). The Labute approximate surface area is 447 Å². The van der Waals surface area contributed by atoms with E-state index < -0.39 is 0 Å². The smallest absolute Gasteiger partial charge is 0.249 e. The van der Waals surface area contributed by atoms with Gasteiger partial charge in [-0.3, -0.25) is 0 Å². The molecule has 10 atom stereocenters. The number of hydrogen-bond acceptors (Lipinski definition) is 1. The predicted molar refractivity (Wildman–Crippen MR) is 316 cm³/mol. The van der Waals surface area contributed by atoms with E-state index in [0.29, 0.717) is 34.5 Å². The van der Waals surface area contributed by atoms with Gasteiger partial charge in [-0.1, -0.05) is 141 Å². The Morgan fingerprint density at radius 1 is 0.408 bits per heavy atom. The van der Waals surface area contributed by atoms with Gasteiger partial charge in [-0.05, 0) is 269 Å². The Hall–Kier alpha value is -6.64. The highest BCUT2D eigenvalue weighted by Crippen LogP contribution is 2.78. The van der Waals surface area contributed by atoms with Crippen LogP contribution < -0.4 is 21.3 Å². The lowest BCUT2D eigenvalue weighted by Gasteiger charge is -2.48. The Morgan fingerprint density at radius 3 is 1.30 bits per heavy atom. The van der Waals surface area contributed by atoms with Gasteiger partial charge in [0.15, 0.2) is 0 Å². The maximum absolute atomic E-state index is 2.87. The Kier molecular flexibility index (Phi) is 7.40. The molecule has 0 saturated heterocycles. The van der Waals surface area contributed by atoms with Crippen LogP contribution in [0.3, 0.4) is 0 Å². The molecule has 11 aliphatic rings. The first-order valence-corrected chi connectivity index (χ1v) is 29.8. The highest BCUT2D eigenvalue weighted by atomic mass is 15.2. The van der Waals surface area contributed by atoms with Crippen molar-refractivity contribution in [2.75, 3.05) is 4.90 Å². The quantitative estimate of drug-likeness (QED) is 0.159. The summed E-state index contributed by atoms with van der Waals surface area (Å²) in [5.74, 6) is 6.44. The second kappa shape index (κ2) is 13.5. The van der Waals surface area contributed by atoms with Gasteiger partial charge in [0, 0.05) is 22.5 Å². The number of fused-ring (bicyclic) bond motifs is 14. The van der Waals surface area contributed by atoms with E-state index in [4.69, 9.17) is 0 Å². The lowest BCUT2D eigenvalue weighted by atomic mass is 9.29. The molecular weight excluding hydrogens is 914 g/mol. The molecule has 6 fully saturated rings. The van der Waals surface area contributed by atoms with Gasteiger partial charge in [0.2, 0.25) is 6.71 Å². The standard InChI is InChI=1S/C74H62BN/c1-72(2,3)47-31-60-58-33-54-43-23-48-29-50-25-45(37-73(48,50)35-43)64(54)52-19-21-62-69(66(52)58)75-68(60)61(32-47)59-34-55-44-24-49-30-51-26-46(38-74(49,51)36-44)65(55)53-20-22-63(70(75)67(53)59)76(62)71-56(40-15-9-5-10-16-40)27-42(39-13-7-4-8-14-39)28-57(71)41-17-11-6-12-18-41/h4-22,27-28,31-34,43-46,48-51H,23-26,29-30,35-38H2,1-3H3. The normalized spacial score (nSPS) is 29.8. The van der Waals surface area contributed by atoms with Crippen molar-refractivity contribution in [3.05, 3.63) is 179 Å². The Bertz CT molecular complexity index is 3950. The fraction of sp³-hybridized carbons (Fsp3) is 0.324. The zero-order chi connectivity index (χ0) is 49.5. The van der Waals surface area contributed by atoms with Crippen LogP contribution in [0.5, 0.6) is 0 Å². The van der Waals surface area contributed by atoms with Crippen LogP contribution in [0.4, 0.5) is 17.1 Å². The molecule has 9 aromatic rings. The molecule has 2 heteroatoms. The van der Waals surface area contributed by atoms with Crippen molar-refractivity contribution in [3.63, 3.8) is 0 Å². The van der Waals surface area contributed by atoms with E-state index in [9.17, 15) is 0 Å². The van der Waals surface area contributed by atoms with Crippen molar-refractivity contribution in [1.29, 1.82) is 0 Å². The van der Waals surface area contributed by atoms with Gasteiger partial charge >= 0.3 is 0 Å². The first-order chi connectivity index (χ1) is 37.2. The number of rotatable bonds is 4. The van der Waals surface area contributed by atoms with Crippen molar-refractivity contribution in [3.8, 4) is 55.6 Å². The minimum Gasteiger partial charge on any atom is -0.310 e. The summed E-state index contributed by atoms with van der Waals surface area (Å²) in [5, 5.41) is 6.32. The van der Waals surface area contributed by atoms with Crippen molar-refractivity contribution < 1.29 is 0 Å². The fourth-order valence-corrected chi connectivity index (χ4v) is 21.4. The Morgan fingerprint density at radius 2 is 0.842 bits per heavy atom. The minimum atomic E-state index is -0.00170. The maximum atomic E-state index is 2.87.